The zero-order valence-corrected chi connectivity index (χ0v) is 17.0. The summed E-state index contributed by atoms with van der Waals surface area (Å²) in [7, 11) is 0. The summed E-state index contributed by atoms with van der Waals surface area (Å²) in [5, 5.41) is 0. The molecular formula is C25H44. The molecule has 144 valence electrons. The quantitative estimate of drug-likeness (QED) is 0.481. The van der Waals surface area contributed by atoms with Crippen molar-refractivity contribution in [2.24, 2.45) is 29.1 Å². The van der Waals surface area contributed by atoms with Crippen molar-refractivity contribution in [2.75, 3.05) is 0 Å². The van der Waals surface area contributed by atoms with E-state index in [-0.39, 0.29) is 0 Å². The molecule has 0 heterocycles. The highest BCUT2D eigenvalue weighted by molar-refractivity contribution is 5.03. The van der Waals surface area contributed by atoms with Gasteiger partial charge in [0.15, 0.2) is 0 Å². The van der Waals surface area contributed by atoms with Crippen molar-refractivity contribution in [3.05, 3.63) is 0 Å². The van der Waals surface area contributed by atoms with Crippen molar-refractivity contribution >= 4 is 0 Å². The predicted molar refractivity (Wildman–Crippen MR) is 109 cm³/mol. The van der Waals surface area contributed by atoms with Gasteiger partial charge in [-0.2, -0.15) is 0 Å². The first kappa shape index (κ1) is 18.4. The maximum atomic E-state index is 1.60. The Bertz CT molecular complexity index is 295. The van der Waals surface area contributed by atoms with Crippen LogP contribution in [0.2, 0.25) is 0 Å². The van der Waals surface area contributed by atoms with Gasteiger partial charge >= 0.3 is 0 Å². The Balaban J connectivity index is 1.70. The fourth-order valence-corrected chi connectivity index (χ4v) is 8.41. The molecule has 0 bridgehead atoms. The molecule has 0 heteroatoms. The van der Waals surface area contributed by atoms with E-state index in [4.69, 9.17) is 0 Å². The zero-order valence-electron chi connectivity index (χ0n) is 17.0. The predicted octanol–water partition coefficient (Wildman–Crippen LogP) is 8.29. The minimum atomic E-state index is 0.779. The molecule has 0 atom stereocenters. The van der Waals surface area contributed by atoms with Crippen LogP contribution in [0.5, 0.6) is 0 Å². The molecule has 4 fully saturated rings. The molecule has 25 heavy (non-hydrogen) atoms. The van der Waals surface area contributed by atoms with Gasteiger partial charge in [0.1, 0.15) is 0 Å². The molecular weight excluding hydrogens is 300 g/mol. The van der Waals surface area contributed by atoms with Gasteiger partial charge in [0.05, 0.1) is 0 Å². The summed E-state index contributed by atoms with van der Waals surface area (Å²) in [6, 6.07) is 0. The fourth-order valence-electron chi connectivity index (χ4n) is 8.41. The van der Waals surface area contributed by atoms with Gasteiger partial charge in [-0.05, 0) is 80.5 Å². The van der Waals surface area contributed by atoms with Gasteiger partial charge in [-0.15, -0.1) is 0 Å². The summed E-state index contributed by atoms with van der Waals surface area (Å²) < 4.78 is 0. The van der Waals surface area contributed by atoms with Gasteiger partial charge in [0.2, 0.25) is 0 Å². The van der Waals surface area contributed by atoms with Crippen LogP contribution in [-0.4, -0.2) is 0 Å². The average Bonchev–Trinajstić information content (AvgIpc) is 2.72. The Morgan fingerprint density at radius 3 is 0.680 bits per heavy atom. The van der Waals surface area contributed by atoms with Crippen molar-refractivity contribution in [2.45, 2.75) is 128 Å². The second kappa shape index (κ2) is 8.79. The van der Waals surface area contributed by atoms with Gasteiger partial charge in [0.25, 0.3) is 0 Å². The highest BCUT2D eigenvalue weighted by Gasteiger charge is 2.54. The summed E-state index contributed by atoms with van der Waals surface area (Å²) in [6.45, 7) is 0. The molecule has 0 aromatic heterocycles. The largest absolute Gasteiger partial charge is 0.0533 e. The highest BCUT2D eigenvalue weighted by Crippen LogP contribution is 2.62. The molecule has 0 spiro atoms. The van der Waals surface area contributed by atoms with Crippen LogP contribution in [0, 0.1) is 29.1 Å². The molecule has 0 aliphatic heterocycles. The fraction of sp³-hybridized carbons (Fsp3) is 1.00. The van der Waals surface area contributed by atoms with Crippen LogP contribution in [0.15, 0.2) is 0 Å². The number of rotatable bonds is 4. The number of hydrogen-bond donors (Lipinski definition) is 0. The summed E-state index contributed by atoms with van der Waals surface area (Å²) >= 11 is 0. The average molecular weight is 345 g/mol. The Morgan fingerprint density at radius 2 is 0.480 bits per heavy atom. The van der Waals surface area contributed by atoms with E-state index >= 15 is 0 Å². The Labute approximate surface area is 157 Å². The van der Waals surface area contributed by atoms with E-state index in [2.05, 4.69) is 0 Å². The van der Waals surface area contributed by atoms with Gasteiger partial charge in [-0.3, -0.25) is 0 Å². The smallest absolute Gasteiger partial charge is 0.0184 e. The first-order valence-electron chi connectivity index (χ1n) is 12.4. The van der Waals surface area contributed by atoms with E-state index in [9.17, 15) is 0 Å². The van der Waals surface area contributed by atoms with E-state index in [1.165, 1.54) is 25.7 Å². The lowest BCUT2D eigenvalue weighted by Crippen LogP contribution is -2.52. The van der Waals surface area contributed by atoms with Crippen molar-refractivity contribution in [1.29, 1.82) is 0 Å². The van der Waals surface area contributed by atoms with E-state index in [0.717, 1.165) is 29.1 Å². The Morgan fingerprint density at radius 1 is 0.280 bits per heavy atom. The molecule has 0 amide bonds. The van der Waals surface area contributed by atoms with Gasteiger partial charge in [-0.1, -0.05) is 77.0 Å². The molecule has 0 aromatic carbocycles. The summed E-state index contributed by atoms with van der Waals surface area (Å²) in [6.07, 6.45) is 31.4. The number of hydrogen-bond acceptors (Lipinski definition) is 0. The van der Waals surface area contributed by atoms with Gasteiger partial charge < -0.3 is 0 Å². The lowest BCUT2D eigenvalue weighted by molar-refractivity contribution is -0.106. The summed E-state index contributed by atoms with van der Waals surface area (Å²) in [5.74, 6) is 4.43. The maximum Gasteiger partial charge on any atom is -0.0184 e. The van der Waals surface area contributed by atoms with Crippen LogP contribution < -0.4 is 0 Å². The van der Waals surface area contributed by atoms with Gasteiger partial charge in [0, 0.05) is 0 Å². The van der Waals surface area contributed by atoms with Gasteiger partial charge in [-0.25, -0.2) is 0 Å². The molecule has 0 nitrogen and oxygen atoms in total. The molecule has 0 aromatic rings. The first-order chi connectivity index (χ1) is 12.4. The van der Waals surface area contributed by atoms with Crippen LogP contribution >= 0.6 is 0 Å². The first-order valence-corrected chi connectivity index (χ1v) is 12.4. The second-order valence-corrected chi connectivity index (χ2v) is 10.3. The van der Waals surface area contributed by atoms with E-state index < -0.39 is 0 Å². The maximum absolute atomic E-state index is 1.60. The van der Waals surface area contributed by atoms with Crippen molar-refractivity contribution in [3.8, 4) is 0 Å². The van der Waals surface area contributed by atoms with Crippen molar-refractivity contribution in [1.82, 2.24) is 0 Å². The van der Waals surface area contributed by atoms with Crippen LogP contribution in [0.1, 0.15) is 128 Å². The second-order valence-electron chi connectivity index (χ2n) is 10.3. The topological polar surface area (TPSA) is 0 Å². The molecule has 0 N–H and O–H groups in total. The highest BCUT2D eigenvalue weighted by atomic mass is 14.6. The molecule has 4 rings (SSSR count). The molecule has 0 unspecified atom stereocenters. The molecule has 0 saturated heterocycles. The third kappa shape index (κ3) is 3.70. The molecule has 0 radical (unpaired) electrons. The summed E-state index contributed by atoms with van der Waals surface area (Å²) in [5.41, 5.74) is 0.779. The third-order valence-corrected chi connectivity index (χ3v) is 9.25. The zero-order chi connectivity index (χ0) is 17.0. The minimum absolute atomic E-state index is 0.779. The Kier molecular flexibility index (Phi) is 6.46. The van der Waals surface area contributed by atoms with Crippen molar-refractivity contribution in [3.63, 3.8) is 0 Å². The van der Waals surface area contributed by atoms with E-state index in [0.29, 0.717) is 0 Å². The minimum Gasteiger partial charge on any atom is -0.0533 e. The normalized spacial score (nSPS) is 29.8. The summed E-state index contributed by atoms with van der Waals surface area (Å²) in [4.78, 5) is 0. The van der Waals surface area contributed by atoms with Crippen LogP contribution in [-0.2, 0) is 0 Å². The SMILES string of the molecule is C1CCC(C(C2CCCCC2)(C2CCCCC2)C2CCCCC2)CC1. The molecule has 4 aliphatic carbocycles. The molecule has 4 saturated carbocycles. The Hall–Kier alpha value is 0. The van der Waals surface area contributed by atoms with Crippen LogP contribution in [0.25, 0.3) is 0 Å². The lowest BCUT2D eigenvalue weighted by atomic mass is 9.45. The monoisotopic (exact) mass is 344 g/mol. The standard InChI is InChI=1S/C25H44/c1-5-13-21(14-6-1)25(22-15-7-2-8-16-22,23-17-9-3-10-18-23)24-19-11-4-12-20-24/h21-24H,1-20H2. The van der Waals surface area contributed by atoms with Crippen LogP contribution in [0.4, 0.5) is 0 Å². The third-order valence-electron chi connectivity index (χ3n) is 9.25. The van der Waals surface area contributed by atoms with Crippen molar-refractivity contribution < 1.29 is 0 Å². The molecule has 4 aliphatic rings. The van der Waals surface area contributed by atoms with E-state index in [1.807, 2.05) is 0 Å². The van der Waals surface area contributed by atoms with E-state index in [1.54, 1.807) is 103 Å². The van der Waals surface area contributed by atoms with Crippen LogP contribution in [0.3, 0.4) is 0 Å². The lowest BCUT2D eigenvalue weighted by Gasteiger charge is -2.60.